The predicted molar refractivity (Wildman–Crippen MR) is 91.9 cm³/mol. The van der Waals surface area contributed by atoms with Crippen LogP contribution in [0.2, 0.25) is 0 Å². The highest BCUT2D eigenvalue weighted by molar-refractivity contribution is 7.88. The highest BCUT2D eigenvalue weighted by Crippen LogP contribution is 2.49. The third kappa shape index (κ3) is 4.62. The maximum atomic E-state index is 12.1. The number of unbranched alkanes of at least 4 members (excludes halogenated alkanes) is 1. The van der Waals surface area contributed by atoms with E-state index in [2.05, 4.69) is 10.6 Å². The Labute approximate surface area is 144 Å². The molecule has 0 aromatic rings. The summed E-state index contributed by atoms with van der Waals surface area (Å²) < 4.78 is 24.1. The van der Waals surface area contributed by atoms with Gasteiger partial charge in [0.15, 0.2) is 0 Å². The van der Waals surface area contributed by atoms with Gasteiger partial charge in [0.2, 0.25) is 10.0 Å². The summed E-state index contributed by atoms with van der Waals surface area (Å²) in [7, 11) is -3.69. The summed E-state index contributed by atoms with van der Waals surface area (Å²) in [5, 5.41) is 4.96. The summed E-state index contributed by atoms with van der Waals surface area (Å²) in [4.78, 5) is 24.2. The minimum Gasteiger partial charge on any atom is -0.335 e. The second-order valence-electron chi connectivity index (χ2n) is 7.22. The van der Waals surface area contributed by atoms with Crippen molar-refractivity contribution in [3.8, 4) is 0 Å². The van der Waals surface area contributed by atoms with Crippen LogP contribution in [-0.2, 0) is 10.0 Å². The van der Waals surface area contributed by atoms with E-state index >= 15 is 0 Å². The van der Waals surface area contributed by atoms with E-state index in [0.29, 0.717) is 18.3 Å². The first-order chi connectivity index (χ1) is 11.2. The molecule has 0 saturated heterocycles. The van der Waals surface area contributed by atoms with Crippen molar-refractivity contribution < 1.29 is 18.0 Å². The zero-order valence-corrected chi connectivity index (χ0v) is 15.6. The van der Waals surface area contributed by atoms with Crippen molar-refractivity contribution in [2.24, 2.45) is 17.8 Å². The SMILES string of the molecule is CCCCN(C(=O)NC(=O)N[C@H](C)[C@H]1C[C@H]2CC[C@H]1C2)S(C)(=O)=O. The van der Waals surface area contributed by atoms with E-state index in [9.17, 15) is 18.0 Å². The average Bonchev–Trinajstić information content (AvgIpc) is 3.08. The quantitative estimate of drug-likeness (QED) is 0.760. The number of hydrogen-bond acceptors (Lipinski definition) is 4. The molecule has 0 aromatic heterocycles. The van der Waals surface area contributed by atoms with E-state index in [-0.39, 0.29) is 12.6 Å². The van der Waals surface area contributed by atoms with Crippen molar-refractivity contribution in [2.45, 2.75) is 58.4 Å². The molecule has 2 aliphatic carbocycles. The summed E-state index contributed by atoms with van der Waals surface area (Å²) >= 11 is 0. The second-order valence-corrected chi connectivity index (χ2v) is 9.13. The normalized spacial score (nSPS) is 26.9. The van der Waals surface area contributed by atoms with Gasteiger partial charge in [0, 0.05) is 12.6 Å². The fraction of sp³-hybridized carbons (Fsp3) is 0.875. The van der Waals surface area contributed by atoms with Gasteiger partial charge in [0.1, 0.15) is 0 Å². The third-order valence-corrected chi connectivity index (χ3v) is 6.50. The number of sulfonamides is 1. The van der Waals surface area contributed by atoms with Gasteiger partial charge < -0.3 is 5.32 Å². The van der Waals surface area contributed by atoms with Crippen molar-refractivity contribution in [3.63, 3.8) is 0 Å². The van der Waals surface area contributed by atoms with E-state index in [1.54, 1.807) is 0 Å². The number of amides is 4. The van der Waals surface area contributed by atoms with Crippen LogP contribution in [0.25, 0.3) is 0 Å². The summed E-state index contributed by atoms with van der Waals surface area (Å²) in [5.41, 5.74) is 0. The number of nitrogens with zero attached hydrogens (tertiary/aromatic N) is 1. The van der Waals surface area contributed by atoms with Crippen molar-refractivity contribution in [1.29, 1.82) is 0 Å². The minimum absolute atomic E-state index is 0.0181. The van der Waals surface area contributed by atoms with E-state index in [0.717, 1.165) is 29.3 Å². The van der Waals surface area contributed by atoms with Gasteiger partial charge in [-0.2, -0.15) is 0 Å². The van der Waals surface area contributed by atoms with Crippen LogP contribution < -0.4 is 10.6 Å². The number of carbonyl (C=O) groups is 2. The lowest BCUT2D eigenvalue weighted by Gasteiger charge is -2.28. The molecule has 0 aliphatic heterocycles. The zero-order chi connectivity index (χ0) is 17.9. The average molecular weight is 359 g/mol. The number of hydrogen-bond donors (Lipinski definition) is 2. The molecular weight excluding hydrogens is 330 g/mol. The van der Waals surface area contributed by atoms with E-state index in [1.165, 1.54) is 19.3 Å². The fourth-order valence-corrected chi connectivity index (χ4v) is 4.94. The van der Waals surface area contributed by atoms with Gasteiger partial charge in [-0.15, -0.1) is 0 Å². The van der Waals surface area contributed by atoms with Crippen molar-refractivity contribution in [2.75, 3.05) is 12.8 Å². The molecular formula is C16H29N3O4S. The number of nitrogens with one attached hydrogen (secondary N) is 2. The first kappa shape index (κ1) is 19.0. The smallest absolute Gasteiger partial charge is 0.335 e. The topological polar surface area (TPSA) is 95.6 Å². The Balaban J connectivity index is 1.87. The number of urea groups is 2. The van der Waals surface area contributed by atoms with Crippen LogP contribution in [0.4, 0.5) is 9.59 Å². The lowest BCUT2D eigenvalue weighted by atomic mass is 9.84. The number of carbonyl (C=O) groups excluding carboxylic acids is 2. The largest absolute Gasteiger partial charge is 0.339 e. The lowest BCUT2D eigenvalue weighted by molar-refractivity contribution is 0.207. The molecule has 7 nitrogen and oxygen atoms in total. The Morgan fingerprint density at radius 3 is 2.46 bits per heavy atom. The van der Waals surface area contributed by atoms with Crippen LogP contribution >= 0.6 is 0 Å². The van der Waals surface area contributed by atoms with Crippen LogP contribution in [0.1, 0.15) is 52.4 Å². The van der Waals surface area contributed by atoms with E-state index in [4.69, 9.17) is 0 Å². The molecule has 0 radical (unpaired) electrons. The summed E-state index contributed by atoms with van der Waals surface area (Å²) in [6.45, 7) is 3.94. The zero-order valence-electron chi connectivity index (χ0n) is 14.7. The molecule has 8 heteroatoms. The van der Waals surface area contributed by atoms with Crippen molar-refractivity contribution in [3.05, 3.63) is 0 Å². The molecule has 2 saturated carbocycles. The summed E-state index contributed by atoms with van der Waals surface area (Å²) in [6.07, 6.45) is 7.18. The van der Waals surface area contributed by atoms with E-state index < -0.39 is 22.1 Å². The van der Waals surface area contributed by atoms with Crippen LogP contribution in [0.15, 0.2) is 0 Å². The first-order valence-electron chi connectivity index (χ1n) is 8.81. The molecule has 0 aromatic carbocycles. The maximum Gasteiger partial charge on any atom is 0.339 e. The Bertz CT molecular complexity index is 578. The standard InChI is InChI=1S/C16H29N3O4S/c1-4-5-8-19(24(3,22)23)16(21)18-15(20)17-11(2)14-10-12-6-7-13(14)9-12/h11-14H,4-10H2,1-3H3,(H2,17,18,20,21)/t11-,12+,13+,14-/m1/s1. The van der Waals surface area contributed by atoms with Crippen molar-refractivity contribution in [1.82, 2.24) is 14.9 Å². The predicted octanol–water partition coefficient (Wildman–Crippen LogP) is 2.29. The van der Waals surface area contributed by atoms with Crippen molar-refractivity contribution >= 4 is 22.1 Å². The van der Waals surface area contributed by atoms with Crippen LogP contribution in [0.5, 0.6) is 0 Å². The molecule has 2 bridgehead atoms. The van der Waals surface area contributed by atoms with Crippen LogP contribution in [-0.4, -0.2) is 43.6 Å². The Hall–Kier alpha value is -1.31. The molecule has 0 spiro atoms. The van der Waals surface area contributed by atoms with E-state index in [1.807, 2.05) is 13.8 Å². The van der Waals surface area contributed by atoms with Gasteiger partial charge in [0.05, 0.1) is 6.26 Å². The van der Waals surface area contributed by atoms with Gasteiger partial charge >= 0.3 is 12.1 Å². The Morgan fingerprint density at radius 2 is 1.96 bits per heavy atom. The molecule has 0 heterocycles. The highest BCUT2D eigenvalue weighted by Gasteiger charge is 2.42. The lowest BCUT2D eigenvalue weighted by Crippen LogP contribution is -2.52. The van der Waals surface area contributed by atoms with Gasteiger partial charge in [-0.05, 0) is 50.4 Å². The summed E-state index contributed by atoms with van der Waals surface area (Å²) in [6, 6.07) is -1.53. The number of imide groups is 1. The number of fused-ring (bicyclic) bond motifs is 2. The molecule has 2 N–H and O–H groups in total. The first-order valence-corrected chi connectivity index (χ1v) is 10.7. The molecule has 4 amide bonds. The molecule has 0 unspecified atom stereocenters. The number of rotatable bonds is 6. The Morgan fingerprint density at radius 1 is 1.25 bits per heavy atom. The molecule has 138 valence electrons. The minimum atomic E-state index is -3.69. The molecule has 2 rings (SSSR count). The van der Waals surface area contributed by atoms with Crippen LogP contribution in [0, 0.1) is 17.8 Å². The molecule has 4 atom stereocenters. The molecule has 2 aliphatic rings. The van der Waals surface area contributed by atoms with Gasteiger partial charge in [-0.3, -0.25) is 5.32 Å². The van der Waals surface area contributed by atoms with Gasteiger partial charge in [0.25, 0.3) is 0 Å². The molecule has 24 heavy (non-hydrogen) atoms. The Kier molecular flexibility index (Phi) is 6.11. The maximum absolute atomic E-state index is 12.1. The summed E-state index contributed by atoms with van der Waals surface area (Å²) in [5.74, 6) is 1.90. The monoisotopic (exact) mass is 359 g/mol. The van der Waals surface area contributed by atoms with Gasteiger partial charge in [-0.25, -0.2) is 22.3 Å². The van der Waals surface area contributed by atoms with Gasteiger partial charge in [-0.1, -0.05) is 19.8 Å². The second kappa shape index (κ2) is 7.72. The third-order valence-electron chi connectivity index (χ3n) is 5.36. The highest BCUT2D eigenvalue weighted by atomic mass is 32.2. The fourth-order valence-electron chi connectivity index (χ4n) is 4.14. The molecule has 2 fully saturated rings. The van der Waals surface area contributed by atoms with Crippen LogP contribution in [0.3, 0.4) is 0 Å².